The van der Waals surface area contributed by atoms with E-state index in [4.69, 9.17) is 0 Å². The fourth-order valence-electron chi connectivity index (χ4n) is 3.30. The molecule has 0 spiro atoms. The number of aryl methyl sites for hydroxylation is 2. The summed E-state index contributed by atoms with van der Waals surface area (Å²) in [7, 11) is 3.75. The Morgan fingerprint density at radius 1 is 1.12 bits per heavy atom. The number of H-pyrrole nitrogens is 1. The highest BCUT2D eigenvalue weighted by Crippen LogP contribution is 2.27. The zero-order chi connectivity index (χ0) is 17.8. The first kappa shape index (κ1) is 14.6. The van der Waals surface area contributed by atoms with Crippen molar-refractivity contribution >= 4 is 22.1 Å². The third-order valence-corrected chi connectivity index (χ3v) is 4.57. The molecular weight excluding hydrogens is 330 g/mol. The largest absolute Gasteiger partial charge is 0.345 e. The van der Waals surface area contributed by atoms with E-state index in [1.807, 2.05) is 49.3 Å². The lowest BCUT2D eigenvalue weighted by Gasteiger charge is -2.10. The Bertz CT molecular complexity index is 1330. The third kappa shape index (κ3) is 2.02. The van der Waals surface area contributed by atoms with Gasteiger partial charge < -0.3 is 9.55 Å². The maximum Gasteiger partial charge on any atom is 0.283 e. The van der Waals surface area contributed by atoms with Crippen molar-refractivity contribution in [3.05, 3.63) is 59.8 Å². The number of imidazole rings is 2. The molecular formula is C18H15N7O. The number of nitrogens with zero attached hydrogens (tertiary/aromatic N) is 6. The van der Waals surface area contributed by atoms with Crippen molar-refractivity contribution in [2.75, 3.05) is 0 Å². The quantitative estimate of drug-likeness (QED) is 0.530. The van der Waals surface area contributed by atoms with Gasteiger partial charge in [0.15, 0.2) is 5.52 Å². The Morgan fingerprint density at radius 3 is 2.81 bits per heavy atom. The van der Waals surface area contributed by atoms with Gasteiger partial charge >= 0.3 is 0 Å². The van der Waals surface area contributed by atoms with Gasteiger partial charge in [0.05, 0.1) is 41.1 Å². The molecule has 1 N–H and O–H groups in total. The van der Waals surface area contributed by atoms with Crippen LogP contribution in [0, 0.1) is 0 Å². The molecule has 0 aliphatic carbocycles. The zero-order valence-corrected chi connectivity index (χ0v) is 14.2. The van der Waals surface area contributed by atoms with Gasteiger partial charge in [-0.2, -0.15) is 5.10 Å². The first-order valence-electron chi connectivity index (χ1n) is 8.11. The van der Waals surface area contributed by atoms with Gasteiger partial charge in [-0.25, -0.2) is 9.97 Å². The second-order valence-electron chi connectivity index (χ2n) is 6.28. The van der Waals surface area contributed by atoms with Crippen LogP contribution in [0.3, 0.4) is 0 Å². The summed E-state index contributed by atoms with van der Waals surface area (Å²) < 4.78 is 5.23. The molecule has 0 bridgehead atoms. The van der Waals surface area contributed by atoms with Crippen LogP contribution >= 0.6 is 0 Å². The van der Waals surface area contributed by atoms with Crippen LogP contribution in [0.5, 0.6) is 0 Å². The molecule has 0 saturated carbocycles. The smallest absolute Gasteiger partial charge is 0.283 e. The maximum atomic E-state index is 13.0. The molecule has 0 saturated heterocycles. The Hall–Kier alpha value is -3.68. The summed E-state index contributed by atoms with van der Waals surface area (Å²) in [5.74, 6) is 0. The number of rotatable bonds is 2. The van der Waals surface area contributed by atoms with Crippen molar-refractivity contribution < 1.29 is 0 Å². The van der Waals surface area contributed by atoms with Crippen molar-refractivity contribution in [2.45, 2.75) is 0 Å². The molecule has 8 nitrogen and oxygen atoms in total. The topological polar surface area (TPSA) is 86.3 Å². The van der Waals surface area contributed by atoms with Crippen molar-refractivity contribution in [3.63, 3.8) is 0 Å². The highest BCUT2D eigenvalue weighted by molar-refractivity contribution is 5.91. The fourth-order valence-corrected chi connectivity index (χ4v) is 3.30. The number of benzene rings is 1. The maximum absolute atomic E-state index is 13.0. The number of hydrogen-bond acceptors (Lipinski definition) is 4. The summed E-state index contributed by atoms with van der Waals surface area (Å²) in [5, 5.41) is 4.26. The van der Waals surface area contributed by atoms with E-state index in [2.05, 4.69) is 20.1 Å². The number of pyridine rings is 1. The first-order chi connectivity index (χ1) is 12.6. The predicted molar refractivity (Wildman–Crippen MR) is 98.2 cm³/mol. The summed E-state index contributed by atoms with van der Waals surface area (Å²) in [6, 6.07) is 5.68. The van der Waals surface area contributed by atoms with E-state index in [9.17, 15) is 4.79 Å². The molecule has 5 aromatic rings. The molecule has 0 amide bonds. The minimum Gasteiger partial charge on any atom is -0.345 e. The van der Waals surface area contributed by atoms with Crippen LogP contribution in [0.15, 0.2) is 54.2 Å². The molecule has 26 heavy (non-hydrogen) atoms. The molecule has 128 valence electrons. The van der Waals surface area contributed by atoms with Gasteiger partial charge in [0.25, 0.3) is 5.56 Å². The molecule has 0 unspecified atom stereocenters. The summed E-state index contributed by atoms with van der Waals surface area (Å²) in [4.78, 5) is 24.7. The van der Waals surface area contributed by atoms with E-state index in [-0.39, 0.29) is 5.56 Å². The van der Waals surface area contributed by atoms with Crippen molar-refractivity contribution in [1.29, 1.82) is 0 Å². The highest BCUT2D eigenvalue weighted by Gasteiger charge is 2.17. The van der Waals surface area contributed by atoms with Crippen LogP contribution in [0.2, 0.25) is 0 Å². The van der Waals surface area contributed by atoms with Gasteiger partial charge in [-0.05, 0) is 18.2 Å². The lowest BCUT2D eigenvalue weighted by atomic mass is 10.1. The number of aromatic amines is 1. The van der Waals surface area contributed by atoms with E-state index in [0.29, 0.717) is 5.52 Å². The molecule has 4 aromatic heterocycles. The van der Waals surface area contributed by atoms with E-state index in [1.54, 1.807) is 28.1 Å². The van der Waals surface area contributed by atoms with E-state index >= 15 is 0 Å². The van der Waals surface area contributed by atoms with Crippen molar-refractivity contribution in [3.8, 4) is 16.8 Å². The van der Waals surface area contributed by atoms with Crippen LogP contribution < -0.4 is 5.56 Å². The Morgan fingerprint density at radius 2 is 2.00 bits per heavy atom. The van der Waals surface area contributed by atoms with Gasteiger partial charge in [-0.3, -0.25) is 14.0 Å². The third-order valence-electron chi connectivity index (χ3n) is 4.57. The molecule has 0 fully saturated rings. The predicted octanol–water partition coefficient (Wildman–Crippen LogP) is 2.00. The Kier molecular flexibility index (Phi) is 2.90. The van der Waals surface area contributed by atoms with Gasteiger partial charge in [-0.15, -0.1) is 0 Å². The summed E-state index contributed by atoms with van der Waals surface area (Å²) >= 11 is 0. The van der Waals surface area contributed by atoms with Crippen molar-refractivity contribution in [1.82, 2.24) is 33.9 Å². The molecule has 0 aliphatic rings. The number of nitrogens with one attached hydrogen (secondary N) is 1. The zero-order valence-electron chi connectivity index (χ0n) is 14.2. The number of aromatic nitrogens is 7. The molecule has 5 rings (SSSR count). The van der Waals surface area contributed by atoms with Crippen LogP contribution in [0.4, 0.5) is 0 Å². The van der Waals surface area contributed by atoms with E-state index < -0.39 is 0 Å². The van der Waals surface area contributed by atoms with Gasteiger partial charge in [0.2, 0.25) is 0 Å². The number of fused-ring (bicyclic) bond motifs is 2. The molecule has 0 radical (unpaired) electrons. The lowest BCUT2D eigenvalue weighted by Crippen LogP contribution is -2.19. The summed E-state index contributed by atoms with van der Waals surface area (Å²) in [6.45, 7) is 0. The molecule has 1 aromatic carbocycles. The Balaban J connectivity index is 1.85. The standard InChI is InChI=1S/C18H15N7O/c1-23-10-21-16-17(23)13(11-6-22-24(2)7-11)8-25(18(16)26)12-3-4-14-15(5-12)20-9-19-14/h3-10H,1-2H3,(H,19,20). The van der Waals surface area contributed by atoms with E-state index in [1.165, 1.54) is 0 Å². The minimum absolute atomic E-state index is 0.160. The molecule has 0 atom stereocenters. The second kappa shape index (κ2) is 5.16. The lowest BCUT2D eigenvalue weighted by molar-refractivity contribution is 0.768. The Labute approximate surface area is 147 Å². The van der Waals surface area contributed by atoms with Crippen LogP contribution in [0.1, 0.15) is 0 Å². The average molecular weight is 345 g/mol. The average Bonchev–Trinajstić information content (AvgIpc) is 3.35. The molecule has 8 heteroatoms. The van der Waals surface area contributed by atoms with Crippen LogP contribution in [0.25, 0.3) is 38.9 Å². The first-order valence-corrected chi connectivity index (χ1v) is 8.11. The van der Waals surface area contributed by atoms with Gasteiger partial charge in [-0.1, -0.05) is 0 Å². The normalized spacial score (nSPS) is 11.6. The minimum atomic E-state index is -0.160. The SMILES string of the molecule is Cn1cc(-c2cn(-c3ccc4nc[nH]c4c3)c(=O)c3ncn(C)c23)cn1. The monoisotopic (exact) mass is 345 g/mol. The fraction of sp³-hybridized carbons (Fsp3) is 0.111. The van der Waals surface area contributed by atoms with E-state index in [0.717, 1.165) is 33.4 Å². The molecule has 4 heterocycles. The molecule has 0 aliphatic heterocycles. The summed E-state index contributed by atoms with van der Waals surface area (Å²) in [5.41, 5.74) is 5.37. The van der Waals surface area contributed by atoms with Crippen molar-refractivity contribution in [2.24, 2.45) is 14.1 Å². The summed E-state index contributed by atoms with van der Waals surface area (Å²) in [6.07, 6.45) is 8.86. The van der Waals surface area contributed by atoms with Crippen LogP contribution in [-0.4, -0.2) is 33.9 Å². The van der Waals surface area contributed by atoms with Gasteiger partial charge in [0.1, 0.15) is 0 Å². The number of hydrogen-bond donors (Lipinski definition) is 1. The second-order valence-corrected chi connectivity index (χ2v) is 6.28. The van der Waals surface area contributed by atoms with Gasteiger partial charge in [0, 0.05) is 37.6 Å². The van der Waals surface area contributed by atoms with Crippen LogP contribution in [-0.2, 0) is 14.1 Å². The highest BCUT2D eigenvalue weighted by atomic mass is 16.1.